The highest BCUT2D eigenvalue weighted by molar-refractivity contribution is 5.56. The van der Waals surface area contributed by atoms with E-state index in [1.807, 2.05) is 7.11 Å². The Balaban J connectivity index is 1.60. The second-order valence-corrected chi connectivity index (χ2v) is 5.38. The number of fused-ring (bicyclic) bond motifs is 1. The maximum absolute atomic E-state index is 5.41. The van der Waals surface area contributed by atoms with Crippen molar-refractivity contribution in [3.05, 3.63) is 29.3 Å². The molecular formula is C15H22N2O. The number of methoxy groups -OCH3 is 1. The zero-order valence-corrected chi connectivity index (χ0v) is 11.1. The lowest BCUT2D eigenvalue weighted by Crippen LogP contribution is -2.36. The summed E-state index contributed by atoms with van der Waals surface area (Å²) >= 11 is 0. The molecule has 3 heteroatoms. The van der Waals surface area contributed by atoms with E-state index in [1.165, 1.54) is 36.1 Å². The van der Waals surface area contributed by atoms with Crippen molar-refractivity contribution in [2.24, 2.45) is 0 Å². The number of anilines is 1. The SMILES string of the molecule is COC1CCN(Cc2ccc3c(c2)NCC3)CC1. The Labute approximate surface area is 109 Å². The number of nitrogens with one attached hydrogen (secondary N) is 1. The van der Waals surface area contributed by atoms with E-state index >= 15 is 0 Å². The molecule has 0 radical (unpaired) electrons. The van der Waals surface area contributed by atoms with Gasteiger partial charge in [-0.05, 0) is 36.5 Å². The maximum Gasteiger partial charge on any atom is 0.0595 e. The summed E-state index contributed by atoms with van der Waals surface area (Å²) in [5, 5.41) is 3.46. The summed E-state index contributed by atoms with van der Waals surface area (Å²) in [7, 11) is 1.83. The van der Waals surface area contributed by atoms with Crippen molar-refractivity contribution in [3.63, 3.8) is 0 Å². The van der Waals surface area contributed by atoms with Crippen molar-refractivity contribution in [2.75, 3.05) is 32.1 Å². The topological polar surface area (TPSA) is 24.5 Å². The Bertz CT molecular complexity index is 411. The van der Waals surface area contributed by atoms with Crippen LogP contribution in [0.4, 0.5) is 5.69 Å². The van der Waals surface area contributed by atoms with E-state index in [4.69, 9.17) is 4.74 Å². The molecule has 1 saturated heterocycles. The van der Waals surface area contributed by atoms with Crippen LogP contribution in [0.15, 0.2) is 18.2 Å². The molecule has 1 aromatic carbocycles. The Morgan fingerprint density at radius 2 is 2.17 bits per heavy atom. The first-order valence-electron chi connectivity index (χ1n) is 6.96. The Morgan fingerprint density at radius 1 is 1.33 bits per heavy atom. The quantitative estimate of drug-likeness (QED) is 0.885. The van der Waals surface area contributed by atoms with E-state index in [-0.39, 0.29) is 0 Å². The minimum Gasteiger partial charge on any atom is -0.384 e. The summed E-state index contributed by atoms with van der Waals surface area (Å²) in [6.07, 6.45) is 3.98. The van der Waals surface area contributed by atoms with Gasteiger partial charge in [0.05, 0.1) is 6.10 Å². The lowest BCUT2D eigenvalue weighted by Gasteiger charge is -2.31. The predicted octanol–water partition coefficient (Wildman–Crippen LogP) is 2.27. The molecule has 1 N–H and O–H groups in total. The maximum atomic E-state index is 5.41. The van der Waals surface area contributed by atoms with E-state index in [0.29, 0.717) is 6.10 Å². The second-order valence-electron chi connectivity index (χ2n) is 5.38. The molecule has 0 aliphatic carbocycles. The molecule has 2 heterocycles. The van der Waals surface area contributed by atoms with Crippen molar-refractivity contribution < 1.29 is 4.74 Å². The molecule has 3 nitrogen and oxygen atoms in total. The molecule has 2 aliphatic rings. The fourth-order valence-electron chi connectivity index (χ4n) is 3.00. The highest BCUT2D eigenvalue weighted by Crippen LogP contribution is 2.24. The molecule has 0 bridgehead atoms. The highest BCUT2D eigenvalue weighted by Gasteiger charge is 2.19. The summed E-state index contributed by atoms with van der Waals surface area (Å²) in [5.74, 6) is 0. The third-order valence-corrected chi connectivity index (χ3v) is 4.16. The van der Waals surface area contributed by atoms with Gasteiger partial charge in [0, 0.05) is 39.0 Å². The molecule has 0 spiro atoms. The van der Waals surface area contributed by atoms with Crippen LogP contribution >= 0.6 is 0 Å². The van der Waals surface area contributed by atoms with Crippen LogP contribution in [0.3, 0.4) is 0 Å². The van der Waals surface area contributed by atoms with Crippen LogP contribution in [-0.4, -0.2) is 37.7 Å². The van der Waals surface area contributed by atoms with Gasteiger partial charge in [-0.3, -0.25) is 4.90 Å². The number of rotatable bonds is 3. The minimum atomic E-state index is 0.475. The van der Waals surface area contributed by atoms with Crippen LogP contribution in [0.5, 0.6) is 0 Å². The Hall–Kier alpha value is -1.06. The molecule has 3 rings (SSSR count). The van der Waals surface area contributed by atoms with Crippen LogP contribution in [0.2, 0.25) is 0 Å². The summed E-state index contributed by atoms with van der Waals surface area (Å²) in [5.41, 5.74) is 4.25. The van der Waals surface area contributed by atoms with Gasteiger partial charge in [-0.15, -0.1) is 0 Å². The highest BCUT2D eigenvalue weighted by atomic mass is 16.5. The predicted molar refractivity (Wildman–Crippen MR) is 73.9 cm³/mol. The number of hydrogen-bond donors (Lipinski definition) is 1. The van der Waals surface area contributed by atoms with Crippen molar-refractivity contribution in [2.45, 2.75) is 31.9 Å². The van der Waals surface area contributed by atoms with Crippen LogP contribution in [0.1, 0.15) is 24.0 Å². The zero-order chi connectivity index (χ0) is 12.4. The zero-order valence-electron chi connectivity index (χ0n) is 11.1. The summed E-state index contributed by atoms with van der Waals surface area (Å²) in [4.78, 5) is 2.53. The Morgan fingerprint density at radius 3 is 2.94 bits per heavy atom. The van der Waals surface area contributed by atoms with E-state index in [9.17, 15) is 0 Å². The number of hydrogen-bond acceptors (Lipinski definition) is 3. The van der Waals surface area contributed by atoms with Gasteiger partial charge in [-0.2, -0.15) is 0 Å². The monoisotopic (exact) mass is 246 g/mol. The average molecular weight is 246 g/mol. The van der Waals surface area contributed by atoms with Crippen LogP contribution in [-0.2, 0) is 17.7 Å². The molecule has 98 valence electrons. The molecule has 0 atom stereocenters. The smallest absolute Gasteiger partial charge is 0.0595 e. The molecule has 0 amide bonds. The largest absolute Gasteiger partial charge is 0.384 e. The van der Waals surface area contributed by atoms with Crippen LogP contribution in [0, 0.1) is 0 Å². The summed E-state index contributed by atoms with van der Waals surface area (Å²) in [6, 6.07) is 6.89. The first-order chi connectivity index (χ1) is 8.85. The lowest BCUT2D eigenvalue weighted by molar-refractivity contribution is 0.0389. The van der Waals surface area contributed by atoms with E-state index in [2.05, 4.69) is 28.4 Å². The first-order valence-corrected chi connectivity index (χ1v) is 6.96. The fourth-order valence-corrected chi connectivity index (χ4v) is 3.00. The molecular weight excluding hydrogens is 224 g/mol. The number of likely N-dealkylation sites (tertiary alicyclic amines) is 1. The molecule has 0 saturated carbocycles. The lowest BCUT2D eigenvalue weighted by atomic mass is 10.1. The van der Waals surface area contributed by atoms with Gasteiger partial charge >= 0.3 is 0 Å². The standard InChI is InChI=1S/C15H22N2O/c1-18-14-5-8-17(9-6-14)11-12-2-3-13-4-7-16-15(13)10-12/h2-3,10,14,16H,4-9,11H2,1H3. The molecule has 0 unspecified atom stereocenters. The van der Waals surface area contributed by atoms with Crippen LogP contribution in [0.25, 0.3) is 0 Å². The van der Waals surface area contributed by atoms with Gasteiger partial charge in [-0.25, -0.2) is 0 Å². The van der Waals surface area contributed by atoms with Crippen LogP contribution < -0.4 is 5.32 Å². The van der Waals surface area contributed by atoms with Crippen molar-refractivity contribution in [1.29, 1.82) is 0 Å². The number of ether oxygens (including phenoxy) is 1. The van der Waals surface area contributed by atoms with E-state index in [0.717, 1.165) is 26.2 Å². The third kappa shape index (κ3) is 2.52. The van der Waals surface area contributed by atoms with Gasteiger partial charge in [0.25, 0.3) is 0 Å². The number of piperidine rings is 1. The molecule has 0 aromatic heterocycles. The molecule has 18 heavy (non-hydrogen) atoms. The fraction of sp³-hybridized carbons (Fsp3) is 0.600. The number of benzene rings is 1. The normalized spacial score (nSPS) is 20.7. The minimum absolute atomic E-state index is 0.475. The van der Waals surface area contributed by atoms with Crippen molar-refractivity contribution in [1.82, 2.24) is 4.90 Å². The summed E-state index contributed by atoms with van der Waals surface area (Å²) < 4.78 is 5.41. The first kappa shape index (κ1) is 12.0. The van der Waals surface area contributed by atoms with Gasteiger partial charge in [-0.1, -0.05) is 12.1 Å². The third-order valence-electron chi connectivity index (χ3n) is 4.16. The van der Waals surface area contributed by atoms with Gasteiger partial charge < -0.3 is 10.1 Å². The Kier molecular flexibility index (Phi) is 3.52. The van der Waals surface area contributed by atoms with Crippen molar-refractivity contribution >= 4 is 5.69 Å². The average Bonchev–Trinajstić information content (AvgIpc) is 2.87. The molecule has 1 aromatic rings. The molecule has 2 aliphatic heterocycles. The molecule has 1 fully saturated rings. The van der Waals surface area contributed by atoms with E-state index < -0.39 is 0 Å². The second kappa shape index (κ2) is 5.29. The number of nitrogens with zero attached hydrogens (tertiary/aromatic N) is 1. The van der Waals surface area contributed by atoms with Gasteiger partial charge in [0.2, 0.25) is 0 Å². The van der Waals surface area contributed by atoms with E-state index in [1.54, 1.807) is 0 Å². The van der Waals surface area contributed by atoms with Gasteiger partial charge in [0.15, 0.2) is 0 Å². The van der Waals surface area contributed by atoms with Gasteiger partial charge in [0.1, 0.15) is 0 Å². The summed E-state index contributed by atoms with van der Waals surface area (Å²) in [6.45, 7) is 4.48. The van der Waals surface area contributed by atoms with Crippen molar-refractivity contribution in [3.8, 4) is 0 Å².